The lowest BCUT2D eigenvalue weighted by Gasteiger charge is -2.28. The number of carbonyl (C=O) groups excluding carboxylic acids is 1. The number of pyridine rings is 1. The van der Waals surface area contributed by atoms with Gasteiger partial charge in [0.1, 0.15) is 11.4 Å². The third-order valence-electron chi connectivity index (χ3n) is 3.31. The van der Waals surface area contributed by atoms with Crippen LogP contribution in [0.1, 0.15) is 45.2 Å². The van der Waals surface area contributed by atoms with E-state index in [-0.39, 0.29) is 12.1 Å². The molecular formula is C15H23N3O2. The van der Waals surface area contributed by atoms with Crippen LogP contribution in [0.3, 0.4) is 0 Å². The summed E-state index contributed by atoms with van der Waals surface area (Å²) in [6.07, 6.45) is 3.55. The normalized spacial score (nSPS) is 19.0. The van der Waals surface area contributed by atoms with Gasteiger partial charge in [-0.15, -0.1) is 0 Å². The van der Waals surface area contributed by atoms with E-state index >= 15 is 0 Å². The maximum absolute atomic E-state index is 12.2. The summed E-state index contributed by atoms with van der Waals surface area (Å²) < 4.78 is 5.47. The number of nitrogens with one attached hydrogen (secondary N) is 1. The average molecular weight is 277 g/mol. The summed E-state index contributed by atoms with van der Waals surface area (Å²) in [5.74, 6) is 0.829. The van der Waals surface area contributed by atoms with Gasteiger partial charge in [0, 0.05) is 19.8 Å². The van der Waals surface area contributed by atoms with Gasteiger partial charge in [0.15, 0.2) is 0 Å². The number of amides is 1. The Bertz CT molecular complexity index is 465. The van der Waals surface area contributed by atoms with E-state index in [2.05, 4.69) is 10.3 Å². The number of ether oxygens (including phenoxy) is 1. The number of nitrogens with zero attached hydrogens (tertiary/aromatic N) is 2. The second-order valence-corrected chi connectivity index (χ2v) is 6.06. The molecule has 2 rings (SSSR count). The fourth-order valence-corrected chi connectivity index (χ4v) is 2.40. The third kappa shape index (κ3) is 3.40. The zero-order chi connectivity index (χ0) is 14.8. The number of aromatic nitrogens is 1. The first-order valence-corrected chi connectivity index (χ1v) is 7.04. The molecule has 0 saturated carbocycles. The summed E-state index contributed by atoms with van der Waals surface area (Å²) in [4.78, 5) is 18.4. The number of anilines is 1. The van der Waals surface area contributed by atoms with Crippen molar-refractivity contribution in [3.63, 3.8) is 0 Å². The van der Waals surface area contributed by atoms with E-state index in [0.29, 0.717) is 0 Å². The fourth-order valence-electron chi connectivity index (χ4n) is 2.40. The molecule has 1 aliphatic rings. The Morgan fingerprint density at radius 3 is 2.75 bits per heavy atom. The highest BCUT2D eigenvalue weighted by molar-refractivity contribution is 5.69. The van der Waals surface area contributed by atoms with Crippen LogP contribution in [0.15, 0.2) is 18.3 Å². The van der Waals surface area contributed by atoms with E-state index in [9.17, 15) is 4.79 Å². The van der Waals surface area contributed by atoms with Gasteiger partial charge in [-0.3, -0.25) is 0 Å². The molecule has 0 radical (unpaired) electrons. The molecule has 1 fully saturated rings. The number of carbonyl (C=O) groups is 1. The molecule has 1 saturated heterocycles. The predicted molar refractivity (Wildman–Crippen MR) is 78.7 cm³/mol. The SMILES string of the molecule is CNc1ccc([C@@H]2CCCN2C(=O)OC(C)(C)C)cn1. The fraction of sp³-hybridized carbons (Fsp3) is 0.600. The number of hydrogen-bond acceptors (Lipinski definition) is 4. The smallest absolute Gasteiger partial charge is 0.410 e. The van der Waals surface area contributed by atoms with Crippen LogP contribution in [0, 0.1) is 0 Å². The summed E-state index contributed by atoms with van der Waals surface area (Å²) >= 11 is 0. The third-order valence-corrected chi connectivity index (χ3v) is 3.31. The van der Waals surface area contributed by atoms with Crippen LogP contribution in [-0.2, 0) is 4.74 Å². The molecule has 1 atom stereocenters. The van der Waals surface area contributed by atoms with E-state index in [0.717, 1.165) is 30.8 Å². The monoisotopic (exact) mass is 277 g/mol. The minimum Gasteiger partial charge on any atom is -0.444 e. The molecule has 0 aromatic carbocycles. The van der Waals surface area contributed by atoms with Crippen molar-refractivity contribution in [3.05, 3.63) is 23.9 Å². The van der Waals surface area contributed by atoms with Crippen molar-refractivity contribution < 1.29 is 9.53 Å². The quantitative estimate of drug-likeness (QED) is 0.902. The highest BCUT2D eigenvalue weighted by atomic mass is 16.6. The van der Waals surface area contributed by atoms with Gasteiger partial charge in [-0.25, -0.2) is 9.78 Å². The van der Waals surface area contributed by atoms with Crippen LogP contribution in [0.4, 0.5) is 10.6 Å². The number of hydrogen-bond donors (Lipinski definition) is 1. The lowest BCUT2D eigenvalue weighted by Crippen LogP contribution is -2.36. The second kappa shape index (κ2) is 5.69. The van der Waals surface area contributed by atoms with Crippen LogP contribution in [-0.4, -0.2) is 35.2 Å². The molecule has 1 N–H and O–H groups in total. The topological polar surface area (TPSA) is 54.5 Å². The van der Waals surface area contributed by atoms with E-state index < -0.39 is 5.60 Å². The van der Waals surface area contributed by atoms with Gasteiger partial charge >= 0.3 is 6.09 Å². The highest BCUT2D eigenvalue weighted by Gasteiger charge is 2.33. The maximum atomic E-state index is 12.2. The minimum absolute atomic E-state index is 0.0725. The van der Waals surface area contributed by atoms with E-state index in [1.165, 1.54) is 0 Å². The molecule has 0 spiro atoms. The zero-order valence-corrected chi connectivity index (χ0v) is 12.6. The van der Waals surface area contributed by atoms with E-state index in [4.69, 9.17) is 4.74 Å². The summed E-state index contributed by atoms with van der Waals surface area (Å²) in [5.41, 5.74) is 0.603. The van der Waals surface area contributed by atoms with Crippen LogP contribution in [0.5, 0.6) is 0 Å². The average Bonchev–Trinajstić information content (AvgIpc) is 2.86. The summed E-state index contributed by atoms with van der Waals surface area (Å²) in [5, 5.41) is 2.99. The molecule has 1 aromatic heterocycles. The number of likely N-dealkylation sites (tertiary alicyclic amines) is 1. The highest BCUT2D eigenvalue weighted by Crippen LogP contribution is 2.33. The van der Waals surface area contributed by atoms with Gasteiger partial charge in [-0.1, -0.05) is 6.07 Å². The minimum atomic E-state index is -0.460. The Balaban J connectivity index is 2.12. The molecule has 1 aromatic rings. The Kier molecular flexibility index (Phi) is 4.16. The van der Waals surface area contributed by atoms with Crippen molar-refractivity contribution in [2.24, 2.45) is 0 Å². The van der Waals surface area contributed by atoms with Gasteiger partial charge < -0.3 is 15.0 Å². The van der Waals surface area contributed by atoms with Crippen molar-refractivity contribution in [1.82, 2.24) is 9.88 Å². The van der Waals surface area contributed by atoms with Crippen LogP contribution in [0.25, 0.3) is 0 Å². The van der Waals surface area contributed by atoms with Crippen molar-refractivity contribution in [2.75, 3.05) is 18.9 Å². The predicted octanol–water partition coefficient (Wildman–Crippen LogP) is 3.20. The van der Waals surface area contributed by atoms with Crippen LogP contribution in [0.2, 0.25) is 0 Å². The van der Waals surface area contributed by atoms with Gasteiger partial charge in [0.25, 0.3) is 0 Å². The molecule has 0 unspecified atom stereocenters. The van der Waals surface area contributed by atoms with Crippen molar-refractivity contribution in [2.45, 2.75) is 45.3 Å². The van der Waals surface area contributed by atoms with E-state index in [1.54, 1.807) is 4.90 Å². The first kappa shape index (κ1) is 14.6. The molecule has 2 heterocycles. The van der Waals surface area contributed by atoms with Gasteiger partial charge in [0.05, 0.1) is 6.04 Å². The van der Waals surface area contributed by atoms with Crippen molar-refractivity contribution >= 4 is 11.9 Å². The molecule has 20 heavy (non-hydrogen) atoms. The number of rotatable bonds is 2. The van der Waals surface area contributed by atoms with E-state index in [1.807, 2.05) is 46.1 Å². The first-order valence-electron chi connectivity index (χ1n) is 7.04. The summed E-state index contributed by atoms with van der Waals surface area (Å²) in [7, 11) is 1.84. The Morgan fingerprint density at radius 1 is 1.45 bits per heavy atom. The second-order valence-electron chi connectivity index (χ2n) is 6.06. The Labute approximate surface area is 120 Å². The van der Waals surface area contributed by atoms with Crippen molar-refractivity contribution in [3.8, 4) is 0 Å². The molecule has 0 bridgehead atoms. The summed E-state index contributed by atoms with van der Waals surface area (Å²) in [6.45, 7) is 6.41. The first-order chi connectivity index (χ1) is 9.40. The van der Waals surface area contributed by atoms with Crippen molar-refractivity contribution in [1.29, 1.82) is 0 Å². The summed E-state index contributed by atoms with van der Waals surface area (Å²) in [6, 6.07) is 4.02. The maximum Gasteiger partial charge on any atom is 0.410 e. The van der Waals surface area contributed by atoms with Crippen LogP contribution >= 0.6 is 0 Å². The van der Waals surface area contributed by atoms with Gasteiger partial charge in [-0.05, 0) is 45.2 Å². The largest absolute Gasteiger partial charge is 0.444 e. The molecule has 110 valence electrons. The van der Waals surface area contributed by atoms with Gasteiger partial charge in [-0.2, -0.15) is 0 Å². The van der Waals surface area contributed by atoms with Crippen LogP contribution < -0.4 is 5.32 Å². The lowest BCUT2D eigenvalue weighted by atomic mass is 10.1. The Hall–Kier alpha value is -1.78. The van der Waals surface area contributed by atoms with Gasteiger partial charge in [0.2, 0.25) is 0 Å². The molecule has 5 nitrogen and oxygen atoms in total. The molecule has 0 aliphatic carbocycles. The zero-order valence-electron chi connectivity index (χ0n) is 12.6. The standard InChI is InChI=1S/C15H23N3O2/c1-15(2,3)20-14(19)18-9-5-6-12(18)11-7-8-13(16-4)17-10-11/h7-8,10,12H,5-6,9H2,1-4H3,(H,16,17)/t12-/m0/s1. The lowest BCUT2D eigenvalue weighted by molar-refractivity contribution is 0.0224. The molecular weight excluding hydrogens is 254 g/mol. The Morgan fingerprint density at radius 2 is 2.20 bits per heavy atom. The molecule has 1 amide bonds. The molecule has 5 heteroatoms. The molecule has 1 aliphatic heterocycles.